The first-order valence-corrected chi connectivity index (χ1v) is 7.14. The number of hydrogen-bond donors (Lipinski definition) is 0. The fraction of sp³-hybridized carbons (Fsp3) is 0.214. The molecule has 4 nitrogen and oxygen atoms in total. The van der Waals surface area contributed by atoms with E-state index in [1.54, 1.807) is 25.1 Å². The highest BCUT2D eigenvalue weighted by atomic mass is 35.5. The van der Waals surface area contributed by atoms with Crippen molar-refractivity contribution in [1.82, 2.24) is 9.78 Å². The van der Waals surface area contributed by atoms with E-state index >= 15 is 0 Å². The minimum absolute atomic E-state index is 0.0172. The van der Waals surface area contributed by atoms with E-state index in [1.165, 1.54) is 4.68 Å². The van der Waals surface area contributed by atoms with E-state index in [1.807, 2.05) is 6.92 Å². The van der Waals surface area contributed by atoms with E-state index in [0.717, 1.165) is 5.69 Å². The summed E-state index contributed by atoms with van der Waals surface area (Å²) >= 11 is 18.3. The summed E-state index contributed by atoms with van der Waals surface area (Å²) in [5.41, 5.74) is 1.25. The first-order valence-electron chi connectivity index (χ1n) is 6.01. The lowest BCUT2D eigenvalue weighted by Crippen LogP contribution is -2.07. The quantitative estimate of drug-likeness (QED) is 0.562. The number of hydrogen-bond acceptors (Lipinski definition) is 3. The molecule has 0 spiro atoms. The monoisotopic (exact) mass is 346 g/mol. The molecule has 0 aliphatic carbocycles. The van der Waals surface area contributed by atoms with Crippen LogP contribution in [0.15, 0.2) is 30.5 Å². The average Bonchev–Trinajstić information content (AvgIpc) is 2.68. The van der Waals surface area contributed by atoms with Gasteiger partial charge in [-0.25, -0.2) is 0 Å². The summed E-state index contributed by atoms with van der Waals surface area (Å²) in [5.74, 6) is 1.01. The van der Waals surface area contributed by atoms with Crippen LogP contribution in [0.3, 0.4) is 0 Å². The fourth-order valence-corrected chi connectivity index (χ4v) is 2.64. The maximum atomic E-state index is 6.20. The highest BCUT2D eigenvalue weighted by molar-refractivity contribution is 6.40. The lowest BCUT2D eigenvalue weighted by atomic mass is 10.3. The van der Waals surface area contributed by atoms with Gasteiger partial charge < -0.3 is 9.47 Å². The third-order valence-corrected chi connectivity index (χ3v) is 3.30. The molecule has 112 valence electrons. The molecule has 2 aromatic rings. The summed E-state index contributed by atoms with van der Waals surface area (Å²) in [4.78, 5) is 0. The van der Waals surface area contributed by atoms with Crippen LogP contribution in [0.4, 0.5) is 0 Å². The smallest absolute Gasteiger partial charge is 0.232 e. The maximum Gasteiger partial charge on any atom is 0.232 e. The largest absolute Gasteiger partial charge is 0.463 e. The van der Waals surface area contributed by atoms with Crippen molar-refractivity contribution in [3.05, 3.63) is 51.3 Å². The number of allylic oxidation sites excluding steroid dienone is 1. The van der Waals surface area contributed by atoms with Crippen LogP contribution in [0.1, 0.15) is 12.6 Å². The van der Waals surface area contributed by atoms with Gasteiger partial charge in [0.15, 0.2) is 0 Å². The van der Waals surface area contributed by atoms with Gasteiger partial charge >= 0.3 is 0 Å². The summed E-state index contributed by atoms with van der Waals surface area (Å²) in [7, 11) is 0. The van der Waals surface area contributed by atoms with E-state index in [4.69, 9.17) is 44.3 Å². The van der Waals surface area contributed by atoms with Crippen LogP contribution in [-0.4, -0.2) is 16.6 Å². The second-order valence-corrected chi connectivity index (χ2v) is 5.61. The Morgan fingerprint density at radius 1 is 1.24 bits per heavy atom. The molecule has 2 rings (SSSR count). The summed E-state index contributed by atoms with van der Waals surface area (Å²) in [6, 6.07) is 4.94. The van der Waals surface area contributed by atoms with Gasteiger partial charge in [0.2, 0.25) is 12.7 Å². The number of ether oxygens (including phenoxy) is 2. The van der Waals surface area contributed by atoms with Crippen molar-refractivity contribution >= 4 is 34.8 Å². The molecule has 1 heterocycles. The Kier molecular flexibility index (Phi) is 5.04. The van der Waals surface area contributed by atoms with Crippen LogP contribution in [0.25, 0.3) is 5.69 Å². The molecule has 0 N–H and O–H groups in total. The minimum atomic E-state index is 0.0172. The van der Waals surface area contributed by atoms with Crippen molar-refractivity contribution in [2.24, 2.45) is 0 Å². The topological polar surface area (TPSA) is 36.3 Å². The van der Waals surface area contributed by atoms with Crippen LogP contribution < -0.4 is 4.74 Å². The Hall–Kier alpha value is -1.36. The molecule has 0 atom stereocenters. The van der Waals surface area contributed by atoms with Gasteiger partial charge in [-0.1, -0.05) is 41.4 Å². The molecular formula is C14H13Cl3N2O2. The Labute approximate surface area is 137 Å². The molecule has 0 radical (unpaired) electrons. The molecule has 0 amide bonds. The van der Waals surface area contributed by atoms with Gasteiger partial charge in [-0.2, -0.15) is 9.78 Å². The van der Waals surface area contributed by atoms with E-state index in [9.17, 15) is 0 Å². The second kappa shape index (κ2) is 6.60. The van der Waals surface area contributed by atoms with Gasteiger partial charge in [0, 0.05) is 11.1 Å². The zero-order chi connectivity index (χ0) is 15.6. The molecule has 0 fully saturated rings. The minimum Gasteiger partial charge on any atom is -0.463 e. The highest BCUT2D eigenvalue weighted by Crippen LogP contribution is 2.34. The average molecular weight is 348 g/mol. The predicted molar refractivity (Wildman–Crippen MR) is 84.7 cm³/mol. The third-order valence-electron chi connectivity index (χ3n) is 2.50. The van der Waals surface area contributed by atoms with Crippen molar-refractivity contribution in [3.8, 4) is 11.6 Å². The molecule has 1 aromatic heterocycles. The van der Waals surface area contributed by atoms with E-state index < -0.39 is 0 Å². The Bertz CT molecular complexity index is 660. The second-order valence-electron chi connectivity index (χ2n) is 4.36. The fourth-order valence-electron chi connectivity index (χ4n) is 1.67. The molecule has 21 heavy (non-hydrogen) atoms. The first-order chi connectivity index (χ1) is 9.88. The molecule has 0 unspecified atom stereocenters. The molecule has 0 saturated heterocycles. The molecule has 1 aromatic carbocycles. The van der Waals surface area contributed by atoms with E-state index in [2.05, 4.69) is 11.7 Å². The van der Waals surface area contributed by atoms with Gasteiger partial charge in [0.25, 0.3) is 0 Å². The molecule has 0 saturated carbocycles. The number of benzene rings is 1. The van der Waals surface area contributed by atoms with Crippen LogP contribution in [0.5, 0.6) is 5.88 Å². The third kappa shape index (κ3) is 3.84. The standard InChI is InChI=1S/C14H13Cl3N2O2/c1-8(2)20-7-21-13-4-9(3)18-19(13)14-11(16)5-10(15)6-12(14)17/h4-6H,1,7H2,2-3H3. The van der Waals surface area contributed by atoms with Gasteiger partial charge in [-0.15, -0.1) is 0 Å². The van der Waals surface area contributed by atoms with Crippen molar-refractivity contribution in [2.45, 2.75) is 13.8 Å². The molecular weight excluding hydrogens is 335 g/mol. The summed E-state index contributed by atoms with van der Waals surface area (Å²) < 4.78 is 12.2. The maximum absolute atomic E-state index is 6.20. The molecule has 0 aliphatic rings. The predicted octanol–water partition coefficient (Wildman–Crippen LogP) is 5.03. The number of aryl methyl sites for hydroxylation is 1. The van der Waals surface area contributed by atoms with Crippen molar-refractivity contribution < 1.29 is 9.47 Å². The van der Waals surface area contributed by atoms with Crippen LogP contribution in [0, 0.1) is 6.92 Å². The van der Waals surface area contributed by atoms with Gasteiger partial charge in [-0.05, 0) is 26.0 Å². The Morgan fingerprint density at radius 2 is 1.86 bits per heavy atom. The lowest BCUT2D eigenvalue weighted by Gasteiger charge is -2.12. The molecule has 0 bridgehead atoms. The zero-order valence-corrected chi connectivity index (χ0v) is 13.8. The van der Waals surface area contributed by atoms with Crippen molar-refractivity contribution in [2.75, 3.05) is 6.79 Å². The van der Waals surface area contributed by atoms with Gasteiger partial charge in [0.1, 0.15) is 5.69 Å². The number of halogens is 3. The first kappa shape index (κ1) is 16.0. The normalized spacial score (nSPS) is 10.5. The summed E-state index contributed by atoms with van der Waals surface area (Å²) in [6.45, 7) is 7.21. The number of aromatic nitrogens is 2. The summed E-state index contributed by atoms with van der Waals surface area (Å²) in [6.07, 6.45) is 0. The molecule has 7 heteroatoms. The molecule has 0 aliphatic heterocycles. The van der Waals surface area contributed by atoms with Crippen molar-refractivity contribution in [3.63, 3.8) is 0 Å². The van der Waals surface area contributed by atoms with Crippen molar-refractivity contribution in [1.29, 1.82) is 0 Å². The van der Waals surface area contributed by atoms with Gasteiger partial charge in [0.05, 0.1) is 21.5 Å². The number of rotatable bonds is 5. The van der Waals surface area contributed by atoms with E-state index in [0.29, 0.717) is 32.4 Å². The van der Waals surface area contributed by atoms with Crippen LogP contribution >= 0.6 is 34.8 Å². The van der Waals surface area contributed by atoms with Gasteiger partial charge in [-0.3, -0.25) is 0 Å². The summed E-state index contributed by atoms with van der Waals surface area (Å²) in [5, 5.41) is 5.53. The van der Waals surface area contributed by atoms with Crippen LogP contribution in [-0.2, 0) is 4.74 Å². The lowest BCUT2D eigenvalue weighted by molar-refractivity contribution is 0.0572. The van der Waals surface area contributed by atoms with Crippen LogP contribution in [0.2, 0.25) is 15.1 Å². The zero-order valence-electron chi connectivity index (χ0n) is 11.5. The SMILES string of the molecule is C=C(C)OCOc1cc(C)nn1-c1c(Cl)cc(Cl)cc1Cl. The number of nitrogens with zero attached hydrogens (tertiary/aromatic N) is 2. The highest BCUT2D eigenvalue weighted by Gasteiger charge is 2.16. The van der Waals surface area contributed by atoms with E-state index in [-0.39, 0.29) is 6.79 Å². The Balaban J connectivity index is 2.38. The Morgan fingerprint density at radius 3 is 2.43 bits per heavy atom.